The number of rotatable bonds is 9. The van der Waals surface area contributed by atoms with Gasteiger partial charge in [-0.2, -0.15) is 9.40 Å². The van der Waals surface area contributed by atoms with Crippen LogP contribution in [0.4, 0.5) is 0 Å². The summed E-state index contributed by atoms with van der Waals surface area (Å²) in [6.45, 7) is 5.98. The Kier molecular flexibility index (Phi) is 6.92. The van der Waals surface area contributed by atoms with Gasteiger partial charge in [0.2, 0.25) is 10.0 Å². The molecule has 0 aliphatic heterocycles. The number of aryl methyl sites for hydroxylation is 1. The maximum Gasteiger partial charge on any atom is 0.243 e. The van der Waals surface area contributed by atoms with Crippen LogP contribution in [-0.2, 0) is 16.4 Å². The molecule has 2 unspecified atom stereocenters. The third-order valence-corrected chi connectivity index (χ3v) is 6.95. The van der Waals surface area contributed by atoms with E-state index in [0.717, 1.165) is 16.6 Å². The van der Waals surface area contributed by atoms with Crippen LogP contribution in [0.1, 0.15) is 25.1 Å². The number of sulfonamides is 1. The molecule has 0 saturated carbocycles. The molecule has 162 valence electrons. The van der Waals surface area contributed by atoms with Gasteiger partial charge in [0.25, 0.3) is 0 Å². The number of aromatic nitrogens is 2. The number of aromatic amines is 1. The van der Waals surface area contributed by atoms with Gasteiger partial charge in [-0.1, -0.05) is 44.2 Å². The summed E-state index contributed by atoms with van der Waals surface area (Å²) in [5.41, 5.74) is 8.73. The van der Waals surface area contributed by atoms with E-state index in [4.69, 9.17) is 5.73 Å². The van der Waals surface area contributed by atoms with Gasteiger partial charge in [0.15, 0.2) is 0 Å². The van der Waals surface area contributed by atoms with Crippen LogP contribution < -0.4 is 5.73 Å². The van der Waals surface area contributed by atoms with Crippen molar-refractivity contribution in [3.05, 3.63) is 59.8 Å². The first-order chi connectivity index (χ1) is 14.2. The summed E-state index contributed by atoms with van der Waals surface area (Å²) in [5, 5.41) is 18.5. The van der Waals surface area contributed by atoms with Crippen LogP contribution in [0.15, 0.2) is 53.4 Å². The first kappa shape index (κ1) is 22.4. The summed E-state index contributed by atoms with van der Waals surface area (Å²) in [6.07, 6.45) is -0.518. The molecule has 1 heterocycles. The molecular weight excluding hydrogens is 400 g/mol. The molecule has 4 N–H and O–H groups in total. The maximum absolute atomic E-state index is 13.4. The van der Waals surface area contributed by atoms with Crippen LogP contribution in [0.5, 0.6) is 0 Å². The van der Waals surface area contributed by atoms with Crippen LogP contribution in [0.25, 0.3) is 10.9 Å². The highest BCUT2D eigenvalue weighted by Gasteiger charge is 2.29. The Balaban J connectivity index is 1.83. The number of nitrogens with two attached hydrogens (primary N) is 1. The lowest BCUT2D eigenvalue weighted by Gasteiger charge is -2.28. The Morgan fingerprint density at radius 2 is 1.83 bits per heavy atom. The summed E-state index contributed by atoms with van der Waals surface area (Å²) in [6, 6.07) is 13.9. The van der Waals surface area contributed by atoms with Crippen molar-refractivity contribution in [1.29, 1.82) is 0 Å². The van der Waals surface area contributed by atoms with Crippen molar-refractivity contribution < 1.29 is 13.5 Å². The van der Waals surface area contributed by atoms with E-state index in [1.807, 2.05) is 51.1 Å². The van der Waals surface area contributed by atoms with Gasteiger partial charge in [-0.05, 0) is 43.0 Å². The van der Waals surface area contributed by atoms with Crippen molar-refractivity contribution in [1.82, 2.24) is 14.5 Å². The number of nitrogens with one attached hydrogen (secondary N) is 1. The van der Waals surface area contributed by atoms with E-state index >= 15 is 0 Å². The van der Waals surface area contributed by atoms with Crippen molar-refractivity contribution in [2.75, 3.05) is 13.1 Å². The average molecular weight is 431 g/mol. The number of H-pyrrole nitrogens is 1. The monoisotopic (exact) mass is 430 g/mol. The highest BCUT2D eigenvalue weighted by molar-refractivity contribution is 7.89. The minimum Gasteiger partial charge on any atom is -0.390 e. The minimum absolute atomic E-state index is 0.0586. The standard InChI is InChI=1S/C22H30N4O3S/c1-15(2)13-26(14-22(27)20(23)11-17-7-5-4-6-8-17)30(28,29)18-9-10-21-19(12-18)16(3)24-25-21/h4-10,12,15,20,22,27H,11,13-14,23H2,1-3H3,(H,24,25). The topological polar surface area (TPSA) is 112 Å². The first-order valence-corrected chi connectivity index (χ1v) is 11.5. The third kappa shape index (κ3) is 5.07. The number of fused-ring (bicyclic) bond motifs is 1. The largest absolute Gasteiger partial charge is 0.390 e. The molecule has 30 heavy (non-hydrogen) atoms. The van der Waals surface area contributed by atoms with Crippen LogP contribution in [-0.4, -0.2) is 53.3 Å². The van der Waals surface area contributed by atoms with E-state index in [1.54, 1.807) is 18.2 Å². The third-order valence-electron chi connectivity index (χ3n) is 5.12. The zero-order valence-electron chi connectivity index (χ0n) is 17.6. The molecule has 0 spiro atoms. The number of hydrogen-bond acceptors (Lipinski definition) is 5. The number of aliphatic hydroxyl groups excluding tert-OH is 1. The van der Waals surface area contributed by atoms with Crippen molar-refractivity contribution in [3.63, 3.8) is 0 Å². The zero-order chi connectivity index (χ0) is 21.9. The maximum atomic E-state index is 13.4. The predicted octanol–water partition coefficient (Wildman–Crippen LogP) is 2.45. The van der Waals surface area contributed by atoms with Gasteiger partial charge >= 0.3 is 0 Å². The van der Waals surface area contributed by atoms with Gasteiger partial charge < -0.3 is 10.8 Å². The van der Waals surface area contributed by atoms with Crippen molar-refractivity contribution in [3.8, 4) is 0 Å². The molecule has 0 saturated heterocycles. The summed E-state index contributed by atoms with van der Waals surface area (Å²) >= 11 is 0. The van der Waals surface area contributed by atoms with Gasteiger partial charge in [-0.3, -0.25) is 5.10 Å². The molecule has 0 amide bonds. The summed E-state index contributed by atoms with van der Waals surface area (Å²) in [7, 11) is -3.81. The fraction of sp³-hybridized carbons (Fsp3) is 0.409. The summed E-state index contributed by atoms with van der Waals surface area (Å²) in [5.74, 6) is 0.0942. The molecule has 1 aromatic heterocycles. The van der Waals surface area contributed by atoms with Gasteiger partial charge in [-0.25, -0.2) is 8.42 Å². The Morgan fingerprint density at radius 1 is 1.13 bits per heavy atom. The number of aliphatic hydroxyl groups is 1. The molecule has 3 aromatic rings. The lowest BCUT2D eigenvalue weighted by Crippen LogP contribution is -2.47. The number of nitrogens with zero attached hydrogens (tertiary/aromatic N) is 2. The fourth-order valence-corrected chi connectivity index (χ4v) is 5.12. The van der Waals surface area contributed by atoms with Gasteiger partial charge in [0, 0.05) is 30.2 Å². The van der Waals surface area contributed by atoms with E-state index in [9.17, 15) is 13.5 Å². The van der Waals surface area contributed by atoms with Crippen LogP contribution >= 0.6 is 0 Å². The predicted molar refractivity (Wildman–Crippen MR) is 119 cm³/mol. The summed E-state index contributed by atoms with van der Waals surface area (Å²) < 4.78 is 28.1. The molecule has 3 rings (SSSR count). The lowest BCUT2D eigenvalue weighted by atomic mass is 10.0. The van der Waals surface area contributed by atoms with Crippen molar-refractivity contribution in [2.45, 2.75) is 44.2 Å². The first-order valence-electron chi connectivity index (χ1n) is 10.1. The molecule has 0 bridgehead atoms. The second-order valence-corrected chi connectivity index (χ2v) is 10.1. The lowest BCUT2D eigenvalue weighted by molar-refractivity contribution is 0.116. The SMILES string of the molecule is Cc1[nH]nc2ccc(S(=O)(=O)N(CC(C)C)CC(O)C(N)Cc3ccccc3)cc12. The van der Waals surface area contributed by atoms with Gasteiger partial charge in [-0.15, -0.1) is 0 Å². The molecule has 2 aromatic carbocycles. The fourth-order valence-electron chi connectivity index (χ4n) is 3.47. The molecule has 0 aliphatic rings. The molecule has 7 nitrogen and oxygen atoms in total. The highest BCUT2D eigenvalue weighted by Crippen LogP contribution is 2.24. The highest BCUT2D eigenvalue weighted by atomic mass is 32.2. The molecule has 2 atom stereocenters. The second kappa shape index (κ2) is 9.26. The molecule has 8 heteroatoms. The van der Waals surface area contributed by atoms with Crippen LogP contribution in [0.2, 0.25) is 0 Å². The molecule has 0 aliphatic carbocycles. The smallest absolute Gasteiger partial charge is 0.243 e. The Bertz CT molecular complexity index is 1080. The summed E-state index contributed by atoms with van der Waals surface area (Å²) in [4.78, 5) is 0.184. The van der Waals surface area contributed by atoms with Crippen LogP contribution in [0, 0.1) is 12.8 Å². The van der Waals surface area contributed by atoms with E-state index in [2.05, 4.69) is 10.2 Å². The Hall–Kier alpha value is -2.26. The van der Waals surface area contributed by atoms with Crippen LogP contribution in [0.3, 0.4) is 0 Å². The minimum atomic E-state index is -3.81. The van der Waals surface area contributed by atoms with E-state index in [1.165, 1.54) is 4.31 Å². The zero-order valence-corrected chi connectivity index (χ0v) is 18.4. The van der Waals surface area contributed by atoms with Crippen molar-refractivity contribution >= 4 is 20.9 Å². The normalized spacial score (nSPS) is 14.5. The van der Waals surface area contributed by atoms with Crippen molar-refractivity contribution in [2.24, 2.45) is 11.7 Å². The molecule has 0 fully saturated rings. The number of benzene rings is 2. The quantitative estimate of drug-likeness (QED) is 0.483. The van der Waals surface area contributed by atoms with E-state index in [0.29, 0.717) is 18.5 Å². The molecular formula is C22H30N4O3S. The van der Waals surface area contributed by atoms with E-state index < -0.39 is 22.2 Å². The van der Waals surface area contributed by atoms with E-state index in [-0.39, 0.29) is 17.4 Å². The second-order valence-electron chi connectivity index (χ2n) is 8.16. The average Bonchev–Trinajstić information content (AvgIpc) is 3.08. The Morgan fingerprint density at radius 3 is 2.50 bits per heavy atom. The van der Waals surface area contributed by atoms with Gasteiger partial charge in [0.05, 0.1) is 16.5 Å². The number of hydrogen-bond donors (Lipinski definition) is 3. The Labute approximate surface area is 178 Å². The van der Waals surface area contributed by atoms with Gasteiger partial charge in [0.1, 0.15) is 0 Å². The molecule has 0 radical (unpaired) electrons.